The van der Waals surface area contributed by atoms with E-state index in [1.165, 1.54) is 0 Å². The van der Waals surface area contributed by atoms with Crippen LogP contribution in [0.25, 0.3) is 0 Å². The zero-order chi connectivity index (χ0) is 16.5. The van der Waals surface area contributed by atoms with Crippen molar-refractivity contribution in [3.05, 3.63) is 54.0 Å². The van der Waals surface area contributed by atoms with Crippen LogP contribution >= 0.6 is 0 Å². The van der Waals surface area contributed by atoms with Gasteiger partial charge in [0.1, 0.15) is 5.82 Å². The van der Waals surface area contributed by atoms with E-state index in [9.17, 15) is 4.79 Å². The molecule has 0 bridgehead atoms. The van der Waals surface area contributed by atoms with E-state index in [4.69, 9.17) is 0 Å². The van der Waals surface area contributed by atoms with E-state index in [-0.39, 0.29) is 5.91 Å². The smallest absolute Gasteiger partial charge is 0.252 e. The summed E-state index contributed by atoms with van der Waals surface area (Å²) in [6.45, 7) is 2.27. The average molecular weight is 313 g/mol. The van der Waals surface area contributed by atoms with Crippen LogP contribution < -0.4 is 10.6 Å². The van der Waals surface area contributed by atoms with Crippen molar-refractivity contribution in [2.24, 2.45) is 0 Å². The molecule has 0 saturated carbocycles. The van der Waals surface area contributed by atoms with Crippen molar-refractivity contribution >= 4 is 11.7 Å². The van der Waals surface area contributed by atoms with Crippen LogP contribution in [0.4, 0.5) is 5.82 Å². The first kappa shape index (κ1) is 16.9. The van der Waals surface area contributed by atoms with Gasteiger partial charge in [-0.1, -0.05) is 6.07 Å². The van der Waals surface area contributed by atoms with Gasteiger partial charge in [-0.2, -0.15) is 0 Å². The quantitative estimate of drug-likeness (QED) is 0.727. The molecule has 1 amide bonds. The summed E-state index contributed by atoms with van der Waals surface area (Å²) in [6.07, 6.45) is 6.07. The molecule has 122 valence electrons. The molecule has 0 aromatic carbocycles. The van der Waals surface area contributed by atoms with Gasteiger partial charge in [-0.3, -0.25) is 9.78 Å². The van der Waals surface area contributed by atoms with E-state index < -0.39 is 0 Å². The van der Waals surface area contributed by atoms with Crippen LogP contribution in [0.1, 0.15) is 22.3 Å². The van der Waals surface area contributed by atoms with E-state index in [0.717, 1.165) is 24.3 Å². The summed E-state index contributed by atoms with van der Waals surface area (Å²) < 4.78 is 0. The molecule has 2 N–H and O–H groups in total. The summed E-state index contributed by atoms with van der Waals surface area (Å²) in [5, 5.41) is 6.10. The lowest BCUT2D eigenvalue weighted by Gasteiger charge is -2.10. The molecule has 0 radical (unpaired) electrons. The maximum Gasteiger partial charge on any atom is 0.252 e. The van der Waals surface area contributed by atoms with E-state index in [2.05, 4.69) is 25.5 Å². The number of carbonyl (C=O) groups is 1. The average Bonchev–Trinajstić information content (AvgIpc) is 2.58. The number of aromatic nitrogens is 2. The van der Waals surface area contributed by atoms with E-state index >= 15 is 0 Å². The highest BCUT2D eigenvalue weighted by molar-refractivity contribution is 5.94. The summed E-state index contributed by atoms with van der Waals surface area (Å²) >= 11 is 0. The fourth-order valence-electron chi connectivity index (χ4n) is 2.03. The number of carbonyl (C=O) groups excluding carboxylic acids is 1. The van der Waals surface area contributed by atoms with Gasteiger partial charge in [0.2, 0.25) is 0 Å². The largest absolute Gasteiger partial charge is 0.366 e. The Hall–Kier alpha value is -2.47. The highest BCUT2D eigenvalue weighted by Crippen LogP contribution is 2.07. The molecule has 0 aliphatic rings. The van der Waals surface area contributed by atoms with Crippen LogP contribution in [0, 0.1) is 0 Å². The van der Waals surface area contributed by atoms with Gasteiger partial charge in [-0.25, -0.2) is 4.98 Å². The first-order valence-electron chi connectivity index (χ1n) is 7.67. The molecule has 0 atom stereocenters. The Balaban J connectivity index is 1.78. The summed E-state index contributed by atoms with van der Waals surface area (Å²) in [5.41, 5.74) is 1.65. The third kappa shape index (κ3) is 6.04. The Morgan fingerprint density at radius 2 is 2.09 bits per heavy atom. The van der Waals surface area contributed by atoms with Crippen molar-refractivity contribution in [2.45, 2.75) is 13.0 Å². The summed E-state index contributed by atoms with van der Waals surface area (Å²) in [6, 6.07) is 7.48. The molecule has 6 heteroatoms. The number of pyridine rings is 2. The maximum absolute atomic E-state index is 12.0. The van der Waals surface area contributed by atoms with E-state index in [1.807, 2.05) is 38.5 Å². The van der Waals surface area contributed by atoms with Crippen molar-refractivity contribution in [3.8, 4) is 0 Å². The van der Waals surface area contributed by atoms with Crippen molar-refractivity contribution in [1.29, 1.82) is 0 Å². The minimum absolute atomic E-state index is 0.0879. The predicted octanol–water partition coefficient (Wildman–Crippen LogP) is 1.77. The normalized spacial score (nSPS) is 10.6. The molecule has 2 aromatic heterocycles. The minimum atomic E-state index is -0.0879. The van der Waals surface area contributed by atoms with Gasteiger partial charge in [0.25, 0.3) is 5.91 Å². The second kappa shape index (κ2) is 8.85. The number of nitrogens with one attached hydrogen (secondary N) is 2. The lowest BCUT2D eigenvalue weighted by atomic mass is 10.2. The second-order valence-corrected chi connectivity index (χ2v) is 5.56. The van der Waals surface area contributed by atoms with Gasteiger partial charge < -0.3 is 15.5 Å². The number of hydrogen-bond acceptors (Lipinski definition) is 5. The summed E-state index contributed by atoms with van der Waals surface area (Å²) in [7, 11) is 4.03. The molecule has 0 fully saturated rings. The molecule has 0 aliphatic heterocycles. The van der Waals surface area contributed by atoms with Crippen LogP contribution in [0.2, 0.25) is 0 Å². The van der Waals surface area contributed by atoms with Gasteiger partial charge in [0.05, 0.1) is 5.56 Å². The monoisotopic (exact) mass is 313 g/mol. The molecule has 6 nitrogen and oxygen atoms in total. The lowest BCUT2D eigenvalue weighted by Crippen LogP contribution is -2.27. The predicted molar refractivity (Wildman–Crippen MR) is 91.3 cm³/mol. The Morgan fingerprint density at radius 1 is 1.22 bits per heavy atom. The first-order valence-corrected chi connectivity index (χ1v) is 7.67. The standard InChI is InChI=1S/C17H23N5O/c1-22(2)10-4-9-19-17(23)15-6-7-16(21-13-15)20-12-14-5-3-8-18-11-14/h3,5-8,11,13H,4,9-10,12H2,1-2H3,(H,19,23)(H,20,21). The lowest BCUT2D eigenvalue weighted by molar-refractivity contribution is 0.0952. The molecule has 2 heterocycles. The van der Waals surface area contributed by atoms with E-state index in [1.54, 1.807) is 18.5 Å². The Morgan fingerprint density at radius 3 is 2.74 bits per heavy atom. The first-order chi connectivity index (χ1) is 11.1. The third-order valence-corrected chi connectivity index (χ3v) is 3.29. The van der Waals surface area contributed by atoms with Gasteiger partial charge in [-0.15, -0.1) is 0 Å². The minimum Gasteiger partial charge on any atom is -0.366 e. The van der Waals surface area contributed by atoms with Gasteiger partial charge >= 0.3 is 0 Å². The number of nitrogens with zero attached hydrogens (tertiary/aromatic N) is 3. The molecule has 0 saturated heterocycles. The van der Waals surface area contributed by atoms with Crippen molar-refractivity contribution in [2.75, 3.05) is 32.5 Å². The molecule has 0 spiro atoms. The summed E-state index contributed by atoms with van der Waals surface area (Å²) in [5.74, 6) is 0.646. The summed E-state index contributed by atoms with van der Waals surface area (Å²) in [4.78, 5) is 22.4. The number of anilines is 1. The van der Waals surface area contributed by atoms with Crippen LogP contribution in [-0.2, 0) is 6.54 Å². The molecule has 2 aromatic rings. The highest BCUT2D eigenvalue weighted by Gasteiger charge is 2.05. The van der Waals surface area contributed by atoms with E-state index in [0.29, 0.717) is 18.7 Å². The number of hydrogen-bond donors (Lipinski definition) is 2. The zero-order valence-corrected chi connectivity index (χ0v) is 13.6. The Bertz CT molecular complexity index is 598. The molecule has 2 rings (SSSR count). The van der Waals surface area contributed by atoms with Crippen LogP contribution in [0.15, 0.2) is 42.9 Å². The maximum atomic E-state index is 12.0. The van der Waals surface area contributed by atoms with Crippen molar-refractivity contribution < 1.29 is 4.79 Å². The Labute approximate surface area is 137 Å². The van der Waals surface area contributed by atoms with Crippen LogP contribution in [0.3, 0.4) is 0 Å². The molecule has 0 aliphatic carbocycles. The topological polar surface area (TPSA) is 70.2 Å². The number of rotatable bonds is 8. The van der Waals surface area contributed by atoms with Crippen molar-refractivity contribution in [1.82, 2.24) is 20.2 Å². The van der Waals surface area contributed by atoms with Crippen LogP contribution in [-0.4, -0.2) is 48.0 Å². The molecule has 23 heavy (non-hydrogen) atoms. The fraction of sp³-hybridized carbons (Fsp3) is 0.353. The molecule has 0 unspecified atom stereocenters. The number of amides is 1. The van der Waals surface area contributed by atoms with Gasteiger partial charge in [0.15, 0.2) is 0 Å². The van der Waals surface area contributed by atoms with Gasteiger partial charge in [-0.05, 0) is 50.8 Å². The van der Waals surface area contributed by atoms with Gasteiger partial charge in [0, 0.05) is 31.7 Å². The third-order valence-electron chi connectivity index (χ3n) is 3.29. The molecular weight excluding hydrogens is 290 g/mol. The highest BCUT2D eigenvalue weighted by atomic mass is 16.1. The van der Waals surface area contributed by atoms with Crippen LogP contribution in [0.5, 0.6) is 0 Å². The molecular formula is C17H23N5O. The van der Waals surface area contributed by atoms with Crippen molar-refractivity contribution in [3.63, 3.8) is 0 Å². The zero-order valence-electron chi connectivity index (χ0n) is 13.6. The SMILES string of the molecule is CN(C)CCCNC(=O)c1ccc(NCc2cccnc2)nc1. The fourth-order valence-corrected chi connectivity index (χ4v) is 2.03. The Kier molecular flexibility index (Phi) is 6.50. The second-order valence-electron chi connectivity index (χ2n) is 5.56.